The standard InChI is InChI=1S/C30H30IN3O5/c1-36-23-12-8-21(9-13-23)30(20-6-4-3-5-7-20,22-10-14-24(37-2)15-11-22)38-19-25-16-17-27(39-25)34-18-26(31)28(32)33-29(34)35/h3-15,18,25,27H,16-17,19H2,1-2H3,(H2,32,33,35)/t25-,27+/m0/s1. The van der Waals surface area contributed by atoms with Crippen LogP contribution in [0.15, 0.2) is 89.9 Å². The van der Waals surface area contributed by atoms with Crippen molar-refractivity contribution in [2.24, 2.45) is 0 Å². The predicted octanol–water partition coefficient (Wildman–Crippen LogP) is 5.13. The van der Waals surface area contributed by atoms with Crippen molar-refractivity contribution >= 4 is 28.4 Å². The molecule has 39 heavy (non-hydrogen) atoms. The van der Waals surface area contributed by atoms with E-state index < -0.39 is 17.5 Å². The summed E-state index contributed by atoms with van der Waals surface area (Å²) >= 11 is 2.07. The van der Waals surface area contributed by atoms with Crippen LogP contribution in [0.5, 0.6) is 11.5 Å². The number of rotatable bonds is 9. The highest BCUT2D eigenvalue weighted by molar-refractivity contribution is 14.1. The van der Waals surface area contributed by atoms with Crippen LogP contribution in [0.2, 0.25) is 0 Å². The molecule has 1 fully saturated rings. The van der Waals surface area contributed by atoms with E-state index in [1.54, 1.807) is 20.4 Å². The van der Waals surface area contributed by atoms with Crippen LogP contribution in [-0.4, -0.2) is 36.5 Å². The van der Waals surface area contributed by atoms with Crippen molar-refractivity contribution in [2.75, 3.05) is 26.6 Å². The van der Waals surface area contributed by atoms with Crippen molar-refractivity contribution in [1.82, 2.24) is 9.55 Å². The molecule has 0 aliphatic carbocycles. The number of nitrogens with zero attached hydrogens (tertiary/aromatic N) is 2. The van der Waals surface area contributed by atoms with E-state index in [1.807, 2.05) is 66.7 Å². The maximum Gasteiger partial charge on any atom is 0.351 e. The Labute approximate surface area is 240 Å². The number of ether oxygens (including phenoxy) is 4. The molecule has 2 atom stereocenters. The Kier molecular flexibility index (Phi) is 8.20. The van der Waals surface area contributed by atoms with Crippen molar-refractivity contribution in [3.05, 3.63) is 116 Å². The summed E-state index contributed by atoms with van der Waals surface area (Å²) in [7, 11) is 3.30. The number of methoxy groups -OCH3 is 2. The molecule has 2 N–H and O–H groups in total. The van der Waals surface area contributed by atoms with E-state index >= 15 is 0 Å². The van der Waals surface area contributed by atoms with Crippen molar-refractivity contribution in [2.45, 2.75) is 30.8 Å². The van der Waals surface area contributed by atoms with E-state index in [-0.39, 0.29) is 11.9 Å². The smallest absolute Gasteiger partial charge is 0.351 e. The third kappa shape index (κ3) is 5.52. The molecule has 1 aromatic heterocycles. The fourth-order valence-electron chi connectivity index (χ4n) is 4.97. The number of hydrogen-bond acceptors (Lipinski definition) is 7. The van der Waals surface area contributed by atoms with Gasteiger partial charge in [-0.05, 0) is 76.4 Å². The van der Waals surface area contributed by atoms with E-state index in [9.17, 15) is 4.79 Å². The van der Waals surface area contributed by atoms with Gasteiger partial charge in [-0.15, -0.1) is 0 Å². The molecule has 202 valence electrons. The first kappa shape index (κ1) is 27.2. The summed E-state index contributed by atoms with van der Waals surface area (Å²) in [6.45, 7) is 0.303. The highest BCUT2D eigenvalue weighted by Gasteiger charge is 2.39. The quantitative estimate of drug-likeness (QED) is 0.200. The molecule has 0 saturated carbocycles. The summed E-state index contributed by atoms with van der Waals surface area (Å²) in [5.41, 5.74) is 7.32. The van der Waals surface area contributed by atoms with Crippen LogP contribution >= 0.6 is 22.6 Å². The van der Waals surface area contributed by atoms with E-state index in [0.717, 1.165) is 34.6 Å². The van der Waals surface area contributed by atoms with Gasteiger partial charge in [0.25, 0.3) is 0 Å². The van der Waals surface area contributed by atoms with E-state index in [2.05, 4.69) is 39.7 Å². The Morgan fingerprint density at radius 3 is 2.05 bits per heavy atom. The minimum atomic E-state index is -0.934. The molecule has 3 aromatic carbocycles. The Hall–Kier alpha value is -3.41. The van der Waals surface area contributed by atoms with Gasteiger partial charge in [0.2, 0.25) is 0 Å². The van der Waals surface area contributed by atoms with Crippen molar-refractivity contribution in [3.63, 3.8) is 0 Å². The van der Waals surface area contributed by atoms with Gasteiger partial charge in [-0.25, -0.2) is 4.79 Å². The Morgan fingerprint density at radius 1 is 0.923 bits per heavy atom. The zero-order valence-electron chi connectivity index (χ0n) is 21.7. The maximum absolute atomic E-state index is 12.5. The summed E-state index contributed by atoms with van der Waals surface area (Å²) in [6, 6.07) is 26.0. The molecule has 1 saturated heterocycles. The lowest BCUT2D eigenvalue weighted by molar-refractivity contribution is -0.0774. The molecule has 5 rings (SSSR count). The summed E-state index contributed by atoms with van der Waals surface area (Å²) in [5.74, 6) is 1.74. The third-order valence-corrected chi connectivity index (χ3v) is 7.82. The number of halogens is 1. The van der Waals surface area contributed by atoms with Gasteiger partial charge in [-0.2, -0.15) is 4.98 Å². The Balaban J connectivity index is 1.51. The number of aromatic nitrogens is 2. The average molecular weight is 639 g/mol. The number of hydrogen-bond donors (Lipinski definition) is 1. The second kappa shape index (κ2) is 11.8. The van der Waals surface area contributed by atoms with Crippen LogP contribution in [-0.2, 0) is 15.1 Å². The van der Waals surface area contributed by atoms with Gasteiger partial charge < -0.3 is 24.7 Å². The lowest BCUT2D eigenvalue weighted by Crippen LogP contribution is -2.36. The van der Waals surface area contributed by atoms with Crippen LogP contribution in [0.3, 0.4) is 0 Å². The van der Waals surface area contributed by atoms with Crippen molar-refractivity contribution < 1.29 is 18.9 Å². The molecule has 0 radical (unpaired) electrons. The molecule has 4 aromatic rings. The fourth-order valence-corrected chi connectivity index (χ4v) is 5.39. The van der Waals surface area contributed by atoms with Gasteiger partial charge in [-0.3, -0.25) is 4.57 Å². The van der Waals surface area contributed by atoms with E-state index in [4.69, 9.17) is 24.7 Å². The number of nitrogen functional groups attached to an aromatic ring is 1. The minimum Gasteiger partial charge on any atom is -0.497 e. The molecule has 0 bridgehead atoms. The van der Waals surface area contributed by atoms with Crippen molar-refractivity contribution in [1.29, 1.82) is 0 Å². The van der Waals surface area contributed by atoms with Crippen LogP contribution < -0.4 is 20.9 Å². The molecule has 2 heterocycles. The zero-order valence-corrected chi connectivity index (χ0v) is 23.9. The number of anilines is 1. The topological polar surface area (TPSA) is 97.8 Å². The average Bonchev–Trinajstić information content (AvgIpc) is 3.45. The van der Waals surface area contributed by atoms with Crippen LogP contribution in [0.1, 0.15) is 35.8 Å². The van der Waals surface area contributed by atoms with E-state index in [1.165, 1.54) is 4.57 Å². The molecule has 0 spiro atoms. The molecule has 8 nitrogen and oxygen atoms in total. The second-order valence-corrected chi connectivity index (χ2v) is 10.4. The number of nitrogens with two attached hydrogens (primary N) is 1. The highest BCUT2D eigenvalue weighted by Crippen LogP contribution is 2.42. The van der Waals surface area contributed by atoms with Gasteiger partial charge in [-0.1, -0.05) is 54.6 Å². The minimum absolute atomic E-state index is 0.223. The van der Waals surface area contributed by atoms with Gasteiger partial charge in [0, 0.05) is 6.20 Å². The molecule has 1 aliphatic rings. The molecule has 9 heteroatoms. The summed E-state index contributed by atoms with van der Waals surface area (Å²) in [6.07, 6.45) is 2.44. The van der Waals surface area contributed by atoms with Crippen LogP contribution in [0.4, 0.5) is 5.82 Å². The van der Waals surface area contributed by atoms with Crippen LogP contribution in [0.25, 0.3) is 0 Å². The number of benzene rings is 3. The SMILES string of the molecule is COc1ccc(C(OC[C@@H]2CC[C@H](n3cc(I)c(N)nc3=O)O2)(c2ccccc2)c2ccc(OC)cc2)cc1. The fraction of sp³-hybridized carbons (Fsp3) is 0.267. The second-order valence-electron chi connectivity index (χ2n) is 9.27. The molecular weight excluding hydrogens is 609 g/mol. The van der Waals surface area contributed by atoms with E-state index in [0.29, 0.717) is 16.6 Å². The summed E-state index contributed by atoms with van der Waals surface area (Å²) in [4.78, 5) is 16.4. The van der Waals surface area contributed by atoms with Gasteiger partial charge >= 0.3 is 5.69 Å². The molecule has 0 unspecified atom stereocenters. The highest BCUT2D eigenvalue weighted by atomic mass is 127. The largest absolute Gasteiger partial charge is 0.497 e. The molecule has 1 aliphatic heterocycles. The van der Waals surface area contributed by atoms with Gasteiger partial charge in [0.05, 0.1) is 30.5 Å². The monoisotopic (exact) mass is 639 g/mol. The zero-order chi connectivity index (χ0) is 27.4. The first-order chi connectivity index (χ1) is 18.9. The first-order valence-corrected chi connectivity index (χ1v) is 13.7. The van der Waals surface area contributed by atoms with Gasteiger partial charge in [0.1, 0.15) is 29.1 Å². The normalized spacial score (nSPS) is 17.2. The predicted molar refractivity (Wildman–Crippen MR) is 157 cm³/mol. The summed E-state index contributed by atoms with van der Waals surface area (Å²) < 4.78 is 26.3. The Morgan fingerprint density at radius 2 is 1.49 bits per heavy atom. The Bertz CT molecular complexity index is 1410. The molecule has 0 amide bonds. The third-order valence-electron chi connectivity index (χ3n) is 6.99. The summed E-state index contributed by atoms with van der Waals surface area (Å²) in [5, 5.41) is 0. The van der Waals surface area contributed by atoms with Crippen molar-refractivity contribution in [3.8, 4) is 11.5 Å². The molecular formula is C30H30IN3O5. The first-order valence-electron chi connectivity index (χ1n) is 12.6. The van der Waals surface area contributed by atoms with Gasteiger partial charge in [0.15, 0.2) is 0 Å². The lowest BCUT2D eigenvalue weighted by atomic mass is 9.80. The maximum atomic E-state index is 12.5. The van der Waals surface area contributed by atoms with Crippen LogP contribution in [0, 0.1) is 3.57 Å². The lowest BCUT2D eigenvalue weighted by Gasteiger charge is -2.37.